The number of nitrogen functional groups attached to an aromatic ring is 1. The van der Waals surface area contributed by atoms with Crippen LogP contribution in [0.15, 0.2) is 54.6 Å². The van der Waals surface area contributed by atoms with E-state index in [9.17, 15) is 48.8 Å². The molecule has 3 rings (SSSR count). The van der Waals surface area contributed by atoms with E-state index in [4.69, 9.17) is 25.0 Å². The van der Waals surface area contributed by atoms with Crippen LogP contribution >= 0.6 is 7.82 Å². The van der Waals surface area contributed by atoms with Gasteiger partial charge in [0.2, 0.25) is 0 Å². The molecule has 0 spiro atoms. The Hall–Kier alpha value is -4.42. The van der Waals surface area contributed by atoms with E-state index in [0.717, 1.165) is 20.9 Å². The molecule has 2 unspecified atom stereocenters. The summed E-state index contributed by atoms with van der Waals surface area (Å²) in [7, 11) is -4.86. The van der Waals surface area contributed by atoms with Crippen molar-refractivity contribution >= 4 is 43.4 Å². The number of hydrogen-bond acceptors (Lipinski definition) is 12. The molecule has 8 N–H and O–H groups in total. The van der Waals surface area contributed by atoms with Crippen molar-refractivity contribution in [3.05, 3.63) is 65.7 Å². The van der Waals surface area contributed by atoms with Gasteiger partial charge in [-0.15, -0.1) is 0 Å². The zero-order valence-electron chi connectivity index (χ0n) is 28.4. The minimum absolute atomic E-state index is 0.246. The molecular formula is C33H45N4O14P. The number of nitrogens with zero attached hydrogens (tertiary/aromatic N) is 3. The third-order valence-corrected chi connectivity index (χ3v) is 9.80. The molecule has 1 aliphatic rings. The summed E-state index contributed by atoms with van der Waals surface area (Å²) in [6.07, 6.45) is 1.09. The monoisotopic (exact) mass is 752 g/mol. The van der Waals surface area contributed by atoms with Crippen LogP contribution in [0.5, 0.6) is 0 Å². The van der Waals surface area contributed by atoms with E-state index in [-0.39, 0.29) is 13.1 Å². The lowest BCUT2D eigenvalue weighted by Crippen LogP contribution is -2.52. The van der Waals surface area contributed by atoms with Crippen LogP contribution in [0.25, 0.3) is 0 Å². The molecule has 0 heterocycles. The number of carboxylic acid groups (broad SMARTS) is 5. The summed E-state index contributed by atoms with van der Waals surface area (Å²) in [5, 5.41) is 46.8. The average molecular weight is 753 g/mol. The van der Waals surface area contributed by atoms with Gasteiger partial charge in [-0.2, -0.15) is 0 Å². The maximum atomic E-state index is 13.3. The van der Waals surface area contributed by atoms with Crippen LogP contribution in [0.2, 0.25) is 0 Å². The van der Waals surface area contributed by atoms with Gasteiger partial charge in [-0.05, 0) is 48.9 Å². The topological polar surface area (TPSA) is 278 Å². The van der Waals surface area contributed by atoms with Gasteiger partial charge in [-0.1, -0.05) is 42.5 Å². The van der Waals surface area contributed by atoms with Gasteiger partial charge in [-0.25, -0.2) is 4.57 Å². The minimum Gasteiger partial charge on any atom is -0.480 e. The van der Waals surface area contributed by atoms with Crippen molar-refractivity contribution in [3.63, 3.8) is 0 Å². The van der Waals surface area contributed by atoms with Crippen molar-refractivity contribution in [1.29, 1.82) is 0 Å². The number of carbonyl (C=O) groups is 5. The highest BCUT2D eigenvalue weighted by atomic mass is 31.2. The highest BCUT2D eigenvalue weighted by Gasteiger charge is 2.41. The van der Waals surface area contributed by atoms with Crippen LogP contribution in [-0.4, -0.2) is 146 Å². The van der Waals surface area contributed by atoms with E-state index in [1.807, 2.05) is 54.6 Å². The predicted molar refractivity (Wildman–Crippen MR) is 184 cm³/mol. The predicted octanol–water partition coefficient (Wildman–Crippen LogP) is 1.33. The van der Waals surface area contributed by atoms with E-state index in [1.54, 1.807) is 0 Å². The normalized spacial score (nSPS) is 19.3. The summed E-state index contributed by atoms with van der Waals surface area (Å²) in [5.41, 5.74) is 8.19. The maximum Gasteiger partial charge on any atom is 0.472 e. The van der Waals surface area contributed by atoms with Gasteiger partial charge in [0.05, 0.1) is 45.4 Å². The number of hydrogen-bond donors (Lipinski definition) is 7. The first-order chi connectivity index (χ1) is 24.5. The highest BCUT2D eigenvalue weighted by Crippen LogP contribution is 2.51. The molecule has 52 heavy (non-hydrogen) atoms. The number of phosphoric acid groups is 1. The summed E-state index contributed by atoms with van der Waals surface area (Å²) >= 11 is 0. The Labute approximate surface area is 299 Å². The zero-order chi connectivity index (χ0) is 38.5. The van der Waals surface area contributed by atoms with Gasteiger partial charge in [-0.3, -0.25) is 47.7 Å². The second-order valence-electron chi connectivity index (χ2n) is 12.6. The SMILES string of the molecule is Nc1ccc(C2(c3ccccc3)CCC(OP(=O)(O)OCC(CN(CCN(CC(=O)O)CC(=O)O)CC(=O)O)N(CC(=O)O)CC(=O)O)CC2)cc1. The minimum atomic E-state index is -4.86. The van der Waals surface area contributed by atoms with Crippen LogP contribution in [0.4, 0.5) is 5.69 Å². The van der Waals surface area contributed by atoms with Gasteiger partial charge in [0.25, 0.3) is 0 Å². The molecule has 0 aliphatic heterocycles. The van der Waals surface area contributed by atoms with Crippen LogP contribution in [-0.2, 0) is 43.0 Å². The molecule has 0 bridgehead atoms. The molecule has 1 aliphatic carbocycles. The second-order valence-corrected chi connectivity index (χ2v) is 14.0. The van der Waals surface area contributed by atoms with E-state index < -0.39 is 101 Å². The Morgan fingerprint density at radius 3 is 1.69 bits per heavy atom. The zero-order valence-corrected chi connectivity index (χ0v) is 29.3. The smallest absolute Gasteiger partial charge is 0.472 e. The lowest BCUT2D eigenvalue weighted by molar-refractivity contribution is -0.145. The fraction of sp³-hybridized carbons (Fsp3) is 0.485. The fourth-order valence-corrected chi connectivity index (χ4v) is 7.44. The Kier molecular flexibility index (Phi) is 15.7. The second kappa shape index (κ2) is 19.4. The molecule has 1 saturated carbocycles. The number of nitrogens with two attached hydrogens (primary N) is 1. The molecule has 0 radical (unpaired) electrons. The van der Waals surface area contributed by atoms with Crippen molar-refractivity contribution in [2.75, 3.05) is 64.7 Å². The third kappa shape index (κ3) is 13.6. The van der Waals surface area contributed by atoms with Gasteiger partial charge in [0, 0.05) is 36.8 Å². The molecule has 286 valence electrons. The van der Waals surface area contributed by atoms with Crippen LogP contribution in [0.1, 0.15) is 36.8 Å². The Morgan fingerprint density at radius 2 is 1.19 bits per heavy atom. The summed E-state index contributed by atoms with van der Waals surface area (Å²) in [4.78, 5) is 71.5. The Bertz CT molecular complexity index is 1540. The number of aliphatic carboxylic acids is 5. The van der Waals surface area contributed by atoms with Crippen molar-refractivity contribution in [2.45, 2.75) is 43.2 Å². The van der Waals surface area contributed by atoms with Gasteiger partial charge < -0.3 is 36.2 Å². The first kappa shape index (κ1) is 42.0. The average Bonchev–Trinajstić information content (AvgIpc) is 3.05. The van der Waals surface area contributed by atoms with Crippen molar-refractivity contribution in [2.24, 2.45) is 0 Å². The first-order valence-corrected chi connectivity index (χ1v) is 17.8. The molecule has 2 aromatic carbocycles. The number of carboxylic acids is 5. The fourth-order valence-electron chi connectivity index (χ4n) is 6.43. The lowest BCUT2D eigenvalue weighted by atomic mass is 9.65. The lowest BCUT2D eigenvalue weighted by Gasteiger charge is -2.41. The number of benzene rings is 2. The summed E-state index contributed by atoms with van der Waals surface area (Å²) in [6.45, 7) is -5.47. The molecular weight excluding hydrogens is 707 g/mol. The van der Waals surface area contributed by atoms with Crippen molar-refractivity contribution in [1.82, 2.24) is 14.7 Å². The molecule has 2 aromatic rings. The van der Waals surface area contributed by atoms with E-state index in [1.165, 1.54) is 4.90 Å². The molecule has 19 heteroatoms. The summed E-state index contributed by atoms with van der Waals surface area (Å²) in [5.74, 6) is -6.92. The third-order valence-electron chi connectivity index (χ3n) is 8.76. The summed E-state index contributed by atoms with van der Waals surface area (Å²) < 4.78 is 24.2. The quantitative estimate of drug-likeness (QED) is 0.0623. The van der Waals surface area contributed by atoms with E-state index in [0.29, 0.717) is 31.4 Å². The molecule has 1 fully saturated rings. The first-order valence-electron chi connectivity index (χ1n) is 16.3. The Morgan fingerprint density at radius 1 is 0.731 bits per heavy atom. The van der Waals surface area contributed by atoms with Gasteiger partial charge >= 0.3 is 37.7 Å². The van der Waals surface area contributed by atoms with Crippen LogP contribution in [0.3, 0.4) is 0 Å². The van der Waals surface area contributed by atoms with Gasteiger partial charge in [0.15, 0.2) is 0 Å². The van der Waals surface area contributed by atoms with Crippen molar-refractivity contribution < 1.29 is 68.0 Å². The highest BCUT2D eigenvalue weighted by molar-refractivity contribution is 7.47. The van der Waals surface area contributed by atoms with Crippen LogP contribution < -0.4 is 5.73 Å². The van der Waals surface area contributed by atoms with E-state index >= 15 is 0 Å². The number of rotatable bonds is 23. The van der Waals surface area contributed by atoms with Crippen LogP contribution in [0, 0.1) is 0 Å². The molecule has 0 amide bonds. The molecule has 0 saturated heterocycles. The Balaban J connectivity index is 1.77. The summed E-state index contributed by atoms with van der Waals surface area (Å²) in [6, 6.07) is 16.0. The van der Waals surface area contributed by atoms with E-state index in [2.05, 4.69) is 0 Å². The molecule has 18 nitrogen and oxygen atoms in total. The molecule has 0 aromatic heterocycles. The van der Waals surface area contributed by atoms with Gasteiger partial charge in [0.1, 0.15) is 0 Å². The largest absolute Gasteiger partial charge is 0.480 e. The number of anilines is 1. The number of phosphoric ester groups is 1. The molecule has 2 atom stereocenters. The van der Waals surface area contributed by atoms with Crippen molar-refractivity contribution in [3.8, 4) is 0 Å². The maximum absolute atomic E-state index is 13.3. The standard InChI is InChI=1S/C33H45N4O14P/c34-25-8-6-24(7-9-25)33(23-4-2-1-3-5-23)12-10-27(11-13-33)51-52(48,49)50-22-26(37(20-31(44)45)21-32(46)47)16-35(17-28(38)39)14-15-36(18-29(40)41)19-30(42)43/h1-9,26-27H,10-22,34H2,(H,38,39)(H,40,41)(H,42,43)(H,44,45)(H,46,47)(H,48,49).